The molecule has 0 aromatic rings. The van der Waals surface area contributed by atoms with E-state index in [1.54, 1.807) is 0 Å². The minimum Gasteiger partial charge on any atom is -0.303 e. The molecule has 0 aromatic heterocycles. The predicted molar refractivity (Wildman–Crippen MR) is 40.5 cm³/mol. The number of hydrogen-bond acceptors (Lipinski definition) is 1. The molecule has 0 saturated carbocycles. The van der Waals surface area contributed by atoms with Crippen molar-refractivity contribution in [2.75, 3.05) is 13.6 Å². The van der Waals surface area contributed by atoms with Crippen LogP contribution in [-0.2, 0) is 0 Å². The maximum atomic E-state index is 2.48. The van der Waals surface area contributed by atoms with Gasteiger partial charge in [-0.15, -0.1) is 0 Å². The summed E-state index contributed by atoms with van der Waals surface area (Å²) in [5.74, 6) is 0.931. The summed E-state index contributed by atoms with van der Waals surface area (Å²) in [6.45, 7) is 5.94. The molecule has 0 amide bonds. The van der Waals surface area contributed by atoms with Crippen molar-refractivity contribution in [1.82, 2.24) is 4.90 Å². The molecule has 0 N–H and O–H groups in total. The Bertz CT molecular complexity index is 80.6. The van der Waals surface area contributed by atoms with Crippen molar-refractivity contribution in [1.29, 1.82) is 0 Å². The molecule has 1 aliphatic rings. The summed E-state index contributed by atoms with van der Waals surface area (Å²) >= 11 is 0. The highest BCUT2D eigenvalue weighted by Crippen LogP contribution is 2.23. The van der Waals surface area contributed by atoms with Gasteiger partial charge in [0.05, 0.1) is 0 Å². The van der Waals surface area contributed by atoms with Crippen molar-refractivity contribution >= 4 is 0 Å². The molecule has 0 radical (unpaired) electrons. The number of likely N-dealkylation sites (tertiary alicyclic amines) is 1. The van der Waals surface area contributed by atoms with Crippen LogP contribution in [0.15, 0.2) is 0 Å². The summed E-state index contributed by atoms with van der Waals surface area (Å²) in [7, 11) is 2.23. The minimum absolute atomic E-state index is 0.866. The first-order chi connectivity index (χ1) is 4.25. The summed E-state index contributed by atoms with van der Waals surface area (Å²) in [4.78, 5) is 2.48. The normalized spacial score (nSPS) is 37.7. The number of rotatable bonds is 1. The van der Waals surface area contributed by atoms with E-state index in [1.807, 2.05) is 0 Å². The first-order valence-electron chi connectivity index (χ1n) is 3.96. The Hall–Kier alpha value is -0.0400. The van der Waals surface area contributed by atoms with Gasteiger partial charge in [0.1, 0.15) is 0 Å². The molecule has 9 heavy (non-hydrogen) atoms. The zero-order chi connectivity index (χ0) is 6.85. The quantitative estimate of drug-likeness (QED) is 0.518. The van der Waals surface area contributed by atoms with Crippen molar-refractivity contribution in [3.63, 3.8) is 0 Å². The lowest BCUT2D eigenvalue weighted by atomic mass is 10.0. The lowest BCUT2D eigenvalue weighted by molar-refractivity contribution is 0.272. The van der Waals surface area contributed by atoms with Gasteiger partial charge >= 0.3 is 0 Å². The fraction of sp³-hybridized carbons (Fsp3) is 1.00. The van der Waals surface area contributed by atoms with E-state index in [4.69, 9.17) is 0 Å². The SMILES string of the molecule is CCC1C(C)CCN1C. The van der Waals surface area contributed by atoms with Crippen molar-refractivity contribution in [3.05, 3.63) is 0 Å². The standard InChI is InChI=1S/C8H17N/c1-4-8-7(2)5-6-9(8)3/h7-8H,4-6H2,1-3H3. The van der Waals surface area contributed by atoms with E-state index in [0.29, 0.717) is 0 Å². The molecule has 1 nitrogen and oxygen atoms in total. The Morgan fingerprint density at radius 3 is 2.44 bits per heavy atom. The molecule has 0 aliphatic carbocycles. The fourth-order valence-corrected chi connectivity index (χ4v) is 1.91. The molecule has 2 unspecified atom stereocenters. The van der Waals surface area contributed by atoms with Gasteiger partial charge in [0, 0.05) is 6.04 Å². The van der Waals surface area contributed by atoms with Crippen LogP contribution >= 0.6 is 0 Å². The van der Waals surface area contributed by atoms with Crippen LogP contribution in [0.25, 0.3) is 0 Å². The van der Waals surface area contributed by atoms with Crippen molar-refractivity contribution in [2.45, 2.75) is 32.7 Å². The van der Waals surface area contributed by atoms with Crippen molar-refractivity contribution in [2.24, 2.45) is 5.92 Å². The Labute approximate surface area is 58.0 Å². The summed E-state index contributed by atoms with van der Waals surface area (Å²) in [6.07, 6.45) is 2.71. The number of nitrogens with zero attached hydrogens (tertiary/aromatic N) is 1. The second kappa shape index (κ2) is 2.70. The smallest absolute Gasteiger partial charge is 0.0116 e. The van der Waals surface area contributed by atoms with E-state index in [2.05, 4.69) is 25.8 Å². The highest BCUT2D eigenvalue weighted by atomic mass is 15.1. The third kappa shape index (κ3) is 1.26. The van der Waals surface area contributed by atoms with Crippen LogP contribution in [0.2, 0.25) is 0 Å². The van der Waals surface area contributed by atoms with E-state index in [1.165, 1.54) is 19.4 Å². The zero-order valence-corrected chi connectivity index (χ0v) is 6.72. The van der Waals surface area contributed by atoms with Crippen LogP contribution in [0.5, 0.6) is 0 Å². The second-order valence-electron chi connectivity index (χ2n) is 3.22. The van der Waals surface area contributed by atoms with Crippen LogP contribution < -0.4 is 0 Å². The molecule has 0 spiro atoms. The Morgan fingerprint density at radius 1 is 1.56 bits per heavy atom. The summed E-state index contributed by atoms with van der Waals surface area (Å²) < 4.78 is 0. The highest BCUT2D eigenvalue weighted by molar-refractivity contribution is 4.80. The van der Waals surface area contributed by atoms with Crippen LogP contribution in [-0.4, -0.2) is 24.5 Å². The average molecular weight is 127 g/mol. The van der Waals surface area contributed by atoms with Crippen molar-refractivity contribution in [3.8, 4) is 0 Å². The van der Waals surface area contributed by atoms with Gasteiger partial charge in [-0.2, -0.15) is 0 Å². The lowest BCUT2D eigenvalue weighted by Crippen LogP contribution is -2.27. The second-order valence-corrected chi connectivity index (χ2v) is 3.22. The third-order valence-electron chi connectivity index (χ3n) is 2.58. The molecule has 1 aliphatic heterocycles. The van der Waals surface area contributed by atoms with E-state index in [-0.39, 0.29) is 0 Å². The van der Waals surface area contributed by atoms with Gasteiger partial charge in [0.25, 0.3) is 0 Å². The van der Waals surface area contributed by atoms with Gasteiger partial charge in [0.15, 0.2) is 0 Å². The summed E-state index contributed by atoms with van der Waals surface area (Å²) in [5.41, 5.74) is 0. The average Bonchev–Trinajstić information content (AvgIpc) is 2.12. The van der Waals surface area contributed by atoms with Gasteiger partial charge < -0.3 is 4.90 Å². The Morgan fingerprint density at radius 2 is 2.22 bits per heavy atom. The van der Waals surface area contributed by atoms with Crippen LogP contribution in [0.3, 0.4) is 0 Å². The topological polar surface area (TPSA) is 3.24 Å². The van der Waals surface area contributed by atoms with Crippen LogP contribution in [0.1, 0.15) is 26.7 Å². The van der Waals surface area contributed by atoms with Gasteiger partial charge in [-0.05, 0) is 32.4 Å². The van der Waals surface area contributed by atoms with Gasteiger partial charge in [0.2, 0.25) is 0 Å². The zero-order valence-electron chi connectivity index (χ0n) is 6.72. The largest absolute Gasteiger partial charge is 0.303 e. The first kappa shape index (κ1) is 7.07. The molecule has 1 heteroatoms. The first-order valence-corrected chi connectivity index (χ1v) is 3.96. The van der Waals surface area contributed by atoms with E-state index in [0.717, 1.165) is 12.0 Å². The van der Waals surface area contributed by atoms with E-state index < -0.39 is 0 Å². The van der Waals surface area contributed by atoms with Gasteiger partial charge in [-0.1, -0.05) is 13.8 Å². The minimum atomic E-state index is 0.866. The molecule has 0 bridgehead atoms. The predicted octanol–water partition coefficient (Wildman–Crippen LogP) is 1.74. The molecule has 54 valence electrons. The summed E-state index contributed by atoms with van der Waals surface area (Å²) in [6, 6.07) is 0.866. The van der Waals surface area contributed by atoms with Gasteiger partial charge in [-0.3, -0.25) is 0 Å². The van der Waals surface area contributed by atoms with Crippen LogP contribution in [0.4, 0.5) is 0 Å². The molecule has 1 fully saturated rings. The molecular formula is C8H17N. The van der Waals surface area contributed by atoms with Gasteiger partial charge in [-0.25, -0.2) is 0 Å². The molecule has 1 heterocycles. The molecule has 2 atom stereocenters. The number of hydrogen-bond donors (Lipinski definition) is 0. The maximum Gasteiger partial charge on any atom is 0.0116 e. The maximum absolute atomic E-state index is 2.48. The Kier molecular flexibility index (Phi) is 2.12. The summed E-state index contributed by atoms with van der Waals surface area (Å²) in [5, 5.41) is 0. The monoisotopic (exact) mass is 127 g/mol. The molecule has 1 saturated heterocycles. The van der Waals surface area contributed by atoms with E-state index in [9.17, 15) is 0 Å². The molecular weight excluding hydrogens is 110 g/mol. The fourth-order valence-electron chi connectivity index (χ4n) is 1.91. The lowest BCUT2D eigenvalue weighted by Gasteiger charge is -2.20. The molecule has 1 rings (SSSR count). The van der Waals surface area contributed by atoms with E-state index >= 15 is 0 Å². The highest BCUT2D eigenvalue weighted by Gasteiger charge is 2.25. The van der Waals surface area contributed by atoms with Crippen molar-refractivity contribution < 1.29 is 0 Å². The molecule has 0 aromatic carbocycles. The third-order valence-corrected chi connectivity index (χ3v) is 2.58. The van der Waals surface area contributed by atoms with Crippen LogP contribution in [0, 0.1) is 5.92 Å². The Balaban J connectivity index is 2.44.